The SMILES string of the molecule is CCCC(=O)SCCOP(=O)(OCCSC(=O)CCC)C(F)(F)c1ccc2sc(C(=O)NC3CCCCC4CC[C@@H](C(=O)N(C)c5ccc6nnccc6c5)N4C3=O)cc2c1. The van der Waals surface area contributed by atoms with E-state index in [9.17, 15) is 28.5 Å². The van der Waals surface area contributed by atoms with Crippen molar-refractivity contribution in [2.75, 3.05) is 36.7 Å². The Labute approximate surface area is 366 Å². The summed E-state index contributed by atoms with van der Waals surface area (Å²) in [5.41, 5.74) is -3.46. The van der Waals surface area contributed by atoms with Gasteiger partial charge in [-0.05, 0) is 86.4 Å². The molecule has 6 rings (SSSR count). The number of thiophene rings is 1. The quantitative estimate of drug-likeness (QED) is 0.0746. The molecule has 2 aliphatic rings. The summed E-state index contributed by atoms with van der Waals surface area (Å²) in [4.78, 5) is 69.5. The van der Waals surface area contributed by atoms with E-state index in [0.717, 1.165) is 65.2 Å². The molecule has 2 saturated heterocycles. The molecule has 13 nitrogen and oxygen atoms in total. The number of likely N-dealkylation sites (N-methyl/N-ethyl adjacent to an activating group) is 1. The van der Waals surface area contributed by atoms with Crippen molar-refractivity contribution in [2.45, 2.75) is 102 Å². The first-order chi connectivity index (χ1) is 29.3. The van der Waals surface area contributed by atoms with Crippen molar-refractivity contribution in [3.05, 3.63) is 65.2 Å². The number of nitrogens with one attached hydrogen (secondary N) is 1. The van der Waals surface area contributed by atoms with E-state index in [2.05, 4.69) is 15.5 Å². The lowest BCUT2D eigenvalue weighted by Crippen LogP contribution is -2.56. The highest BCUT2D eigenvalue weighted by Gasteiger charge is 2.55. The van der Waals surface area contributed by atoms with Gasteiger partial charge in [0, 0.05) is 58.8 Å². The number of amides is 3. The van der Waals surface area contributed by atoms with Crippen molar-refractivity contribution >= 4 is 97.1 Å². The first-order valence-electron chi connectivity index (χ1n) is 20.5. The number of alkyl halides is 2. The van der Waals surface area contributed by atoms with Gasteiger partial charge in [-0.2, -0.15) is 19.0 Å². The van der Waals surface area contributed by atoms with Crippen LogP contribution in [0.3, 0.4) is 0 Å². The number of anilines is 1. The monoisotopic (exact) mass is 917 g/mol. The van der Waals surface area contributed by atoms with Crippen LogP contribution in [-0.4, -0.2) is 92.9 Å². The molecule has 3 amide bonds. The largest absolute Gasteiger partial charge is 0.404 e. The molecule has 1 N–H and O–H groups in total. The summed E-state index contributed by atoms with van der Waals surface area (Å²) < 4.78 is 57.7. The second-order valence-electron chi connectivity index (χ2n) is 15.0. The molecule has 2 unspecified atom stereocenters. The minimum Gasteiger partial charge on any atom is -0.340 e. The Bertz CT molecular complexity index is 2270. The van der Waals surface area contributed by atoms with E-state index in [0.29, 0.717) is 67.3 Å². The Morgan fingerprint density at radius 1 is 0.918 bits per heavy atom. The third-order valence-electron chi connectivity index (χ3n) is 10.7. The summed E-state index contributed by atoms with van der Waals surface area (Å²) in [6, 6.07) is 10.5. The highest BCUT2D eigenvalue weighted by atomic mass is 32.2. The van der Waals surface area contributed by atoms with Gasteiger partial charge in [0.25, 0.3) is 5.91 Å². The second kappa shape index (κ2) is 21.0. The van der Waals surface area contributed by atoms with Crippen LogP contribution in [0.5, 0.6) is 0 Å². The zero-order chi connectivity index (χ0) is 43.7. The molecule has 328 valence electrons. The predicted octanol–water partition coefficient (Wildman–Crippen LogP) is 8.93. The molecule has 2 aromatic heterocycles. The van der Waals surface area contributed by atoms with E-state index < -0.39 is 50.0 Å². The number of hydrogen-bond donors (Lipinski definition) is 1. The van der Waals surface area contributed by atoms with Crippen molar-refractivity contribution in [2.24, 2.45) is 0 Å². The van der Waals surface area contributed by atoms with Crippen molar-refractivity contribution in [1.82, 2.24) is 20.4 Å². The van der Waals surface area contributed by atoms with Gasteiger partial charge in [0.1, 0.15) is 12.1 Å². The molecule has 3 atom stereocenters. The topological polar surface area (TPSA) is 165 Å². The summed E-state index contributed by atoms with van der Waals surface area (Å²) in [5.74, 6) is -1.15. The lowest BCUT2D eigenvalue weighted by Gasteiger charge is -2.36. The standard InChI is InChI=1S/C42H50F2N5O8PS3/c1-4-8-37(50)59-22-20-56-58(55,57-21-23-60-38(51)9-5-2)42(43,44)29-12-17-35-28(24-29)26-36(61-35)39(52)46-33-11-7-6-10-30-14-16-34(49(30)40(33)53)41(54)48(3)31-13-15-32-27(25-31)18-19-45-47-32/h12-13,15,17-19,24-26,30,33-34H,4-11,14,16,20-23H2,1-3H3,(H,46,52)/t30?,33?,34-/m0/s1. The van der Waals surface area contributed by atoms with Crippen LogP contribution in [0.2, 0.25) is 0 Å². The zero-order valence-corrected chi connectivity index (χ0v) is 37.7. The summed E-state index contributed by atoms with van der Waals surface area (Å²) in [6.07, 6.45) is 7.19. The Balaban J connectivity index is 1.16. The van der Waals surface area contributed by atoms with Gasteiger partial charge in [-0.3, -0.25) is 28.5 Å². The summed E-state index contributed by atoms with van der Waals surface area (Å²) in [7, 11) is -3.53. The first-order valence-corrected chi connectivity index (χ1v) is 24.8. The van der Waals surface area contributed by atoms with Crippen molar-refractivity contribution in [1.29, 1.82) is 0 Å². The Kier molecular flexibility index (Phi) is 16.1. The third-order valence-corrected chi connectivity index (χ3v) is 15.6. The maximum Gasteiger partial charge on any atom is 0.404 e. The maximum absolute atomic E-state index is 16.3. The number of carbonyl (C=O) groups excluding carboxylic acids is 5. The van der Waals surface area contributed by atoms with Gasteiger partial charge in [0.05, 0.1) is 29.8 Å². The zero-order valence-electron chi connectivity index (χ0n) is 34.3. The number of nitrogens with zero attached hydrogens (tertiary/aromatic N) is 4. The number of benzene rings is 2. The van der Waals surface area contributed by atoms with Crippen LogP contribution < -0.4 is 10.2 Å². The van der Waals surface area contributed by atoms with E-state index >= 15 is 8.78 Å². The fourth-order valence-corrected chi connectivity index (χ4v) is 11.7. The summed E-state index contributed by atoms with van der Waals surface area (Å²) in [5, 5.41) is 11.7. The van der Waals surface area contributed by atoms with Gasteiger partial charge in [-0.25, -0.2) is 0 Å². The van der Waals surface area contributed by atoms with E-state index in [-0.39, 0.29) is 49.9 Å². The Morgan fingerprint density at radius 2 is 1.61 bits per heavy atom. The molecule has 0 saturated carbocycles. The van der Waals surface area contributed by atoms with Crippen LogP contribution in [0.1, 0.15) is 93.3 Å². The Hall–Kier alpha value is -3.80. The average molecular weight is 918 g/mol. The lowest BCUT2D eigenvalue weighted by atomic mass is 9.99. The normalized spacial score (nSPS) is 18.5. The molecule has 4 aromatic rings. The fraction of sp³-hybridized carbons (Fsp3) is 0.500. The predicted molar refractivity (Wildman–Crippen MR) is 236 cm³/mol. The van der Waals surface area contributed by atoms with Crippen LogP contribution in [0.25, 0.3) is 21.0 Å². The molecule has 0 bridgehead atoms. The first kappa shape index (κ1) is 46.7. The van der Waals surface area contributed by atoms with Gasteiger partial charge >= 0.3 is 13.3 Å². The molecule has 2 aromatic carbocycles. The number of rotatable bonds is 18. The molecule has 61 heavy (non-hydrogen) atoms. The molecular weight excluding hydrogens is 868 g/mol. The van der Waals surface area contributed by atoms with Crippen LogP contribution in [-0.2, 0) is 38.5 Å². The minimum atomic E-state index is -5.21. The van der Waals surface area contributed by atoms with E-state index in [1.54, 1.807) is 35.2 Å². The van der Waals surface area contributed by atoms with Crippen LogP contribution in [0.4, 0.5) is 14.5 Å². The smallest absolute Gasteiger partial charge is 0.340 e. The Morgan fingerprint density at radius 3 is 2.30 bits per heavy atom. The second-order valence-corrected chi connectivity index (χ2v) is 20.4. The van der Waals surface area contributed by atoms with E-state index in [1.807, 2.05) is 26.0 Å². The van der Waals surface area contributed by atoms with Gasteiger partial charge < -0.3 is 24.2 Å². The molecule has 0 spiro atoms. The highest BCUT2D eigenvalue weighted by molar-refractivity contribution is 8.13. The maximum atomic E-state index is 16.3. The van der Waals surface area contributed by atoms with E-state index in [4.69, 9.17) is 9.05 Å². The average Bonchev–Trinajstić information content (AvgIpc) is 3.88. The van der Waals surface area contributed by atoms with Crippen LogP contribution in [0.15, 0.2) is 54.7 Å². The molecule has 2 fully saturated rings. The molecule has 19 heteroatoms. The molecule has 2 aliphatic heterocycles. The van der Waals surface area contributed by atoms with Gasteiger partial charge in [-0.15, -0.1) is 11.3 Å². The molecule has 0 radical (unpaired) electrons. The molecule has 4 heterocycles. The third kappa shape index (κ3) is 11.1. The van der Waals surface area contributed by atoms with Gasteiger partial charge in [0.15, 0.2) is 10.2 Å². The van der Waals surface area contributed by atoms with Crippen LogP contribution in [0, 0.1) is 0 Å². The summed E-state index contributed by atoms with van der Waals surface area (Å²) in [6.45, 7) is 2.80. The van der Waals surface area contributed by atoms with Crippen molar-refractivity contribution in [3.8, 4) is 0 Å². The molecule has 0 aliphatic carbocycles. The van der Waals surface area contributed by atoms with Gasteiger partial charge in [-0.1, -0.05) is 56.3 Å². The number of thioether (sulfide) groups is 2. The lowest BCUT2D eigenvalue weighted by molar-refractivity contribution is -0.141. The highest BCUT2D eigenvalue weighted by Crippen LogP contribution is 2.67. The number of hydrogen-bond acceptors (Lipinski definition) is 13. The fourth-order valence-electron chi connectivity index (χ4n) is 7.55. The minimum absolute atomic E-state index is 0.00831. The summed E-state index contributed by atoms with van der Waals surface area (Å²) >= 11 is 2.85. The number of aromatic nitrogens is 2. The van der Waals surface area contributed by atoms with E-state index in [1.165, 1.54) is 12.1 Å². The number of carbonyl (C=O) groups is 5. The number of fused-ring (bicyclic) bond motifs is 3. The van der Waals surface area contributed by atoms with Crippen molar-refractivity contribution < 1.29 is 46.4 Å². The van der Waals surface area contributed by atoms with Crippen LogP contribution >= 0.6 is 42.5 Å². The van der Waals surface area contributed by atoms with Crippen molar-refractivity contribution in [3.63, 3.8) is 0 Å². The van der Waals surface area contributed by atoms with Gasteiger partial charge in [0.2, 0.25) is 11.8 Å². The molecular formula is C42H50F2N5O8PS3. The number of halogens is 2.